The molecule has 6 heteroatoms. The van der Waals surface area contributed by atoms with Crippen molar-refractivity contribution in [3.8, 4) is 0 Å². The Morgan fingerprint density at radius 1 is 1.40 bits per heavy atom. The van der Waals surface area contributed by atoms with Crippen molar-refractivity contribution in [1.29, 1.82) is 0 Å². The van der Waals surface area contributed by atoms with Crippen LogP contribution in [-0.4, -0.2) is 57.4 Å². The summed E-state index contributed by atoms with van der Waals surface area (Å²) < 4.78 is 26.7. The summed E-state index contributed by atoms with van der Waals surface area (Å²) in [5.74, 6) is 0.0881. The van der Waals surface area contributed by atoms with Gasteiger partial charge >= 0.3 is 0 Å². The highest BCUT2D eigenvalue weighted by molar-refractivity contribution is 7.90. The number of hydrogen-bond acceptors (Lipinski definition) is 5. The molecule has 0 bridgehead atoms. The van der Waals surface area contributed by atoms with E-state index in [1.54, 1.807) is 0 Å². The zero-order valence-electron chi connectivity index (χ0n) is 9.56. The Morgan fingerprint density at radius 3 is 2.47 bits per heavy atom. The summed E-state index contributed by atoms with van der Waals surface area (Å²) >= 11 is 0. The van der Waals surface area contributed by atoms with Gasteiger partial charge in [-0.15, -0.1) is 0 Å². The summed E-state index contributed by atoms with van der Waals surface area (Å²) in [7, 11) is -2.92. The molecule has 0 heterocycles. The monoisotopic (exact) mass is 239 g/mol. The summed E-state index contributed by atoms with van der Waals surface area (Å²) in [5.41, 5.74) is 0. The second-order valence-electron chi connectivity index (χ2n) is 3.87. The van der Waals surface area contributed by atoms with Crippen LogP contribution in [0.4, 0.5) is 0 Å². The van der Waals surface area contributed by atoms with Crippen LogP contribution in [0.15, 0.2) is 0 Å². The van der Waals surface area contributed by atoms with Crippen LogP contribution in [0, 0.1) is 0 Å². The predicted molar refractivity (Wildman–Crippen MR) is 59.7 cm³/mol. The van der Waals surface area contributed by atoms with Gasteiger partial charge in [-0.25, -0.2) is 8.42 Å². The molecule has 0 aromatic rings. The molecular weight excluding hydrogens is 218 g/mol. The van der Waals surface area contributed by atoms with Gasteiger partial charge in [0.1, 0.15) is 9.84 Å². The third kappa shape index (κ3) is 11.8. The maximum absolute atomic E-state index is 10.8. The van der Waals surface area contributed by atoms with Gasteiger partial charge in [-0.1, -0.05) is 0 Å². The maximum atomic E-state index is 10.8. The molecule has 0 radical (unpaired) electrons. The zero-order chi connectivity index (χ0) is 11.9. The normalized spacial score (nSPS) is 14.5. The van der Waals surface area contributed by atoms with E-state index in [1.165, 1.54) is 6.26 Å². The molecule has 0 saturated carbocycles. The lowest BCUT2D eigenvalue weighted by atomic mass is 10.3. The molecule has 0 fully saturated rings. The van der Waals surface area contributed by atoms with E-state index in [2.05, 4.69) is 5.32 Å². The molecule has 2 N–H and O–H groups in total. The Kier molecular flexibility index (Phi) is 7.08. The molecular formula is C9H21NO4S. The van der Waals surface area contributed by atoms with Gasteiger partial charge in [-0.05, 0) is 13.8 Å². The fourth-order valence-electron chi connectivity index (χ4n) is 0.889. The van der Waals surface area contributed by atoms with Crippen molar-refractivity contribution < 1.29 is 18.3 Å². The SMILES string of the molecule is CC(C)OCC(O)CNCCS(C)(=O)=O. The highest BCUT2D eigenvalue weighted by atomic mass is 32.2. The Labute approximate surface area is 91.7 Å². The van der Waals surface area contributed by atoms with Crippen molar-refractivity contribution in [2.45, 2.75) is 26.1 Å². The van der Waals surface area contributed by atoms with Gasteiger partial charge < -0.3 is 15.2 Å². The standard InChI is InChI=1S/C9H21NO4S/c1-8(2)14-7-9(11)6-10-4-5-15(3,12)13/h8-11H,4-7H2,1-3H3. The van der Waals surface area contributed by atoms with Gasteiger partial charge in [-0.3, -0.25) is 0 Å². The Morgan fingerprint density at radius 2 is 2.00 bits per heavy atom. The lowest BCUT2D eigenvalue weighted by Crippen LogP contribution is -2.33. The zero-order valence-corrected chi connectivity index (χ0v) is 10.4. The molecule has 0 saturated heterocycles. The summed E-state index contributed by atoms with van der Waals surface area (Å²) in [6.45, 7) is 4.76. The summed E-state index contributed by atoms with van der Waals surface area (Å²) in [6.07, 6.45) is 0.690. The van der Waals surface area contributed by atoms with Crippen molar-refractivity contribution in [2.75, 3.05) is 31.7 Å². The second kappa shape index (κ2) is 7.16. The number of ether oxygens (including phenoxy) is 1. The number of nitrogens with one attached hydrogen (secondary N) is 1. The van der Waals surface area contributed by atoms with Crippen molar-refractivity contribution >= 4 is 9.84 Å². The van der Waals surface area contributed by atoms with E-state index in [-0.39, 0.29) is 18.5 Å². The highest BCUT2D eigenvalue weighted by Gasteiger charge is 2.06. The molecule has 15 heavy (non-hydrogen) atoms. The van der Waals surface area contributed by atoms with Crippen LogP contribution in [0.5, 0.6) is 0 Å². The van der Waals surface area contributed by atoms with Crippen molar-refractivity contribution in [2.24, 2.45) is 0 Å². The number of hydrogen-bond donors (Lipinski definition) is 2. The second-order valence-corrected chi connectivity index (χ2v) is 6.13. The molecule has 0 aliphatic rings. The Balaban J connectivity index is 3.43. The first-order chi connectivity index (χ1) is 6.81. The lowest BCUT2D eigenvalue weighted by molar-refractivity contribution is 0.00663. The molecule has 0 aromatic heterocycles. The van der Waals surface area contributed by atoms with Crippen LogP contribution in [0.3, 0.4) is 0 Å². The third-order valence-corrected chi connectivity index (χ3v) is 2.60. The molecule has 0 amide bonds. The maximum Gasteiger partial charge on any atom is 0.148 e. The largest absolute Gasteiger partial charge is 0.389 e. The fourth-order valence-corrected chi connectivity index (χ4v) is 1.40. The summed E-state index contributed by atoms with van der Waals surface area (Å²) in [6, 6.07) is 0. The van der Waals surface area contributed by atoms with Gasteiger partial charge in [0.05, 0.1) is 24.6 Å². The van der Waals surface area contributed by atoms with E-state index in [0.717, 1.165) is 0 Å². The first-order valence-corrected chi connectivity index (χ1v) is 7.05. The Bertz CT molecular complexity index is 251. The number of sulfone groups is 1. The van der Waals surface area contributed by atoms with Crippen LogP contribution in [-0.2, 0) is 14.6 Å². The van der Waals surface area contributed by atoms with Gasteiger partial charge in [0.25, 0.3) is 0 Å². The van der Waals surface area contributed by atoms with Gasteiger partial charge in [-0.2, -0.15) is 0 Å². The van der Waals surface area contributed by atoms with Crippen molar-refractivity contribution in [1.82, 2.24) is 5.32 Å². The minimum Gasteiger partial charge on any atom is -0.389 e. The Hall–Kier alpha value is -0.170. The predicted octanol–water partition coefficient (Wildman–Crippen LogP) is -0.593. The third-order valence-electron chi connectivity index (χ3n) is 1.65. The highest BCUT2D eigenvalue weighted by Crippen LogP contribution is 1.90. The van der Waals surface area contributed by atoms with Crippen LogP contribution in [0.25, 0.3) is 0 Å². The van der Waals surface area contributed by atoms with Crippen LogP contribution >= 0.6 is 0 Å². The quantitative estimate of drug-likeness (QED) is 0.554. The molecule has 1 unspecified atom stereocenters. The van der Waals surface area contributed by atoms with Crippen molar-refractivity contribution in [3.05, 3.63) is 0 Å². The van der Waals surface area contributed by atoms with E-state index < -0.39 is 15.9 Å². The van der Waals surface area contributed by atoms with Crippen molar-refractivity contribution in [3.63, 3.8) is 0 Å². The molecule has 0 aromatic carbocycles. The number of aliphatic hydroxyl groups excluding tert-OH is 1. The topological polar surface area (TPSA) is 75.6 Å². The van der Waals surface area contributed by atoms with Crippen LogP contribution < -0.4 is 5.32 Å². The van der Waals surface area contributed by atoms with Gasteiger partial charge in [0, 0.05) is 19.3 Å². The average molecular weight is 239 g/mol. The smallest absolute Gasteiger partial charge is 0.148 e. The van der Waals surface area contributed by atoms with E-state index in [1.807, 2.05) is 13.8 Å². The first-order valence-electron chi connectivity index (χ1n) is 4.99. The molecule has 5 nitrogen and oxygen atoms in total. The molecule has 0 aliphatic carbocycles. The van der Waals surface area contributed by atoms with Gasteiger partial charge in [0.2, 0.25) is 0 Å². The fraction of sp³-hybridized carbons (Fsp3) is 1.00. The molecule has 92 valence electrons. The molecule has 0 rings (SSSR count). The van der Waals surface area contributed by atoms with E-state index in [0.29, 0.717) is 13.1 Å². The summed E-state index contributed by atoms with van der Waals surface area (Å²) in [4.78, 5) is 0. The van der Waals surface area contributed by atoms with E-state index in [4.69, 9.17) is 4.74 Å². The van der Waals surface area contributed by atoms with E-state index in [9.17, 15) is 13.5 Å². The van der Waals surface area contributed by atoms with Crippen LogP contribution in [0.1, 0.15) is 13.8 Å². The number of aliphatic hydroxyl groups is 1. The minimum absolute atomic E-state index is 0.0881. The molecule has 0 aliphatic heterocycles. The summed E-state index contributed by atoms with van der Waals surface area (Å²) in [5, 5.41) is 12.2. The molecule has 1 atom stereocenters. The minimum atomic E-state index is -2.92. The number of rotatable bonds is 8. The van der Waals surface area contributed by atoms with E-state index >= 15 is 0 Å². The molecule has 0 spiro atoms. The van der Waals surface area contributed by atoms with Crippen LogP contribution in [0.2, 0.25) is 0 Å². The van der Waals surface area contributed by atoms with Gasteiger partial charge in [0.15, 0.2) is 0 Å². The first kappa shape index (κ1) is 14.8. The average Bonchev–Trinajstić information content (AvgIpc) is 2.07. The lowest BCUT2D eigenvalue weighted by Gasteiger charge is -2.13.